The molecular formula is C17H16. The van der Waals surface area contributed by atoms with Crippen LogP contribution in [0.25, 0.3) is 29.0 Å². The van der Waals surface area contributed by atoms with Crippen LogP contribution in [0.3, 0.4) is 0 Å². The van der Waals surface area contributed by atoms with Gasteiger partial charge in [-0.05, 0) is 39.9 Å². The highest BCUT2D eigenvalue weighted by Crippen LogP contribution is 2.29. The van der Waals surface area contributed by atoms with Crippen molar-refractivity contribution >= 4 is 29.0 Å². The number of fused-ring (bicyclic) bond motifs is 1. The molecule has 0 amide bonds. The summed E-state index contributed by atoms with van der Waals surface area (Å²) in [6.45, 7) is 13.7. The van der Waals surface area contributed by atoms with Crippen molar-refractivity contribution in [3.05, 3.63) is 66.3 Å². The zero-order valence-corrected chi connectivity index (χ0v) is 10.2. The number of hydrogen-bond donors (Lipinski definition) is 0. The summed E-state index contributed by atoms with van der Waals surface area (Å²) in [5.74, 6) is 0. The van der Waals surface area contributed by atoms with Gasteiger partial charge in [0.15, 0.2) is 0 Å². The van der Waals surface area contributed by atoms with Crippen LogP contribution in [0.2, 0.25) is 0 Å². The highest BCUT2D eigenvalue weighted by Gasteiger charge is 2.06. The number of rotatable bonds is 3. The maximum Gasteiger partial charge on any atom is -0.0103 e. The quantitative estimate of drug-likeness (QED) is 0.676. The lowest BCUT2D eigenvalue weighted by Gasteiger charge is -2.11. The van der Waals surface area contributed by atoms with Crippen LogP contribution in [0, 0.1) is 6.92 Å². The fourth-order valence-corrected chi connectivity index (χ4v) is 2.24. The third-order valence-electron chi connectivity index (χ3n) is 3.23. The fraction of sp³-hybridized carbons (Fsp3) is 0.0588. The molecule has 84 valence electrons. The standard InChI is InChI=1S/C17H16/c1-5-13-8-11-17-15(7-3)14(6-2)9-10-16(17)12(13)4/h5-11H,1-3H2,4H3. The van der Waals surface area contributed by atoms with Crippen molar-refractivity contribution in [3.8, 4) is 0 Å². The lowest BCUT2D eigenvalue weighted by molar-refractivity contribution is 1.49. The van der Waals surface area contributed by atoms with Crippen molar-refractivity contribution in [2.75, 3.05) is 0 Å². The highest BCUT2D eigenvalue weighted by atomic mass is 14.1. The lowest BCUT2D eigenvalue weighted by atomic mass is 9.93. The Morgan fingerprint density at radius 1 is 0.765 bits per heavy atom. The normalized spacial score (nSPS) is 10.2. The van der Waals surface area contributed by atoms with Gasteiger partial charge in [-0.2, -0.15) is 0 Å². The first-order valence-electron chi connectivity index (χ1n) is 5.66. The molecule has 0 atom stereocenters. The molecule has 2 aromatic carbocycles. The van der Waals surface area contributed by atoms with Crippen LogP contribution in [-0.2, 0) is 0 Å². The second-order valence-electron chi connectivity index (χ2n) is 4.06. The molecule has 0 unspecified atom stereocenters. The molecule has 0 heteroatoms. The molecule has 2 aromatic rings. The minimum absolute atomic E-state index is 1.12. The summed E-state index contributed by atoms with van der Waals surface area (Å²) in [7, 11) is 0. The molecule has 0 nitrogen and oxygen atoms in total. The molecule has 0 aliphatic heterocycles. The van der Waals surface area contributed by atoms with E-state index in [-0.39, 0.29) is 0 Å². The topological polar surface area (TPSA) is 0 Å². The van der Waals surface area contributed by atoms with E-state index in [0.717, 1.165) is 11.1 Å². The summed E-state index contributed by atoms with van der Waals surface area (Å²) in [6.07, 6.45) is 5.66. The summed E-state index contributed by atoms with van der Waals surface area (Å²) in [4.78, 5) is 0. The molecule has 0 fully saturated rings. The van der Waals surface area contributed by atoms with Crippen LogP contribution < -0.4 is 0 Å². The number of benzene rings is 2. The van der Waals surface area contributed by atoms with Gasteiger partial charge in [0.1, 0.15) is 0 Å². The predicted octanol–water partition coefficient (Wildman–Crippen LogP) is 5.08. The van der Waals surface area contributed by atoms with Gasteiger partial charge in [-0.1, -0.05) is 62.2 Å². The largest absolute Gasteiger partial charge is 0.0985 e. The van der Waals surface area contributed by atoms with Crippen LogP contribution in [0.4, 0.5) is 0 Å². The minimum Gasteiger partial charge on any atom is -0.0985 e. The summed E-state index contributed by atoms with van der Waals surface area (Å²) in [5, 5.41) is 2.48. The summed E-state index contributed by atoms with van der Waals surface area (Å²) >= 11 is 0. The van der Waals surface area contributed by atoms with Crippen molar-refractivity contribution in [2.45, 2.75) is 6.92 Å². The van der Waals surface area contributed by atoms with E-state index < -0.39 is 0 Å². The van der Waals surface area contributed by atoms with Crippen LogP contribution in [0.15, 0.2) is 44.0 Å². The molecule has 0 spiro atoms. The minimum atomic E-state index is 1.12. The van der Waals surface area contributed by atoms with Gasteiger partial charge < -0.3 is 0 Å². The number of aryl methyl sites for hydroxylation is 1. The van der Waals surface area contributed by atoms with Gasteiger partial charge in [-0.15, -0.1) is 0 Å². The van der Waals surface area contributed by atoms with E-state index in [0.29, 0.717) is 0 Å². The maximum atomic E-state index is 3.89. The summed E-state index contributed by atoms with van der Waals surface area (Å²) in [5.41, 5.74) is 4.71. The van der Waals surface area contributed by atoms with Crippen molar-refractivity contribution in [3.63, 3.8) is 0 Å². The molecule has 2 rings (SSSR count). The van der Waals surface area contributed by atoms with E-state index in [4.69, 9.17) is 0 Å². The molecule has 0 radical (unpaired) electrons. The van der Waals surface area contributed by atoms with Gasteiger partial charge in [0, 0.05) is 0 Å². The van der Waals surface area contributed by atoms with Crippen molar-refractivity contribution in [1.82, 2.24) is 0 Å². The van der Waals surface area contributed by atoms with Gasteiger partial charge in [-0.25, -0.2) is 0 Å². The van der Waals surface area contributed by atoms with E-state index in [1.165, 1.54) is 21.9 Å². The van der Waals surface area contributed by atoms with Gasteiger partial charge >= 0.3 is 0 Å². The van der Waals surface area contributed by atoms with E-state index in [1.54, 1.807) is 0 Å². The molecule has 0 aromatic heterocycles. The molecule has 0 saturated heterocycles. The summed E-state index contributed by atoms with van der Waals surface area (Å²) < 4.78 is 0. The Morgan fingerprint density at radius 2 is 1.35 bits per heavy atom. The molecule has 0 saturated carbocycles. The average molecular weight is 220 g/mol. The van der Waals surface area contributed by atoms with Gasteiger partial charge in [-0.3, -0.25) is 0 Å². The summed E-state index contributed by atoms with van der Waals surface area (Å²) in [6, 6.07) is 8.46. The average Bonchev–Trinajstić information content (AvgIpc) is 2.37. The van der Waals surface area contributed by atoms with Gasteiger partial charge in [0.2, 0.25) is 0 Å². The molecule has 0 heterocycles. The van der Waals surface area contributed by atoms with Crippen molar-refractivity contribution in [1.29, 1.82) is 0 Å². The Bertz CT molecular complexity index is 615. The molecule has 0 aliphatic carbocycles. The Morgan fingerprint density at radius 3 is 1.94 bits per heavy atom. The third kappa shape index (κ3) is 1.72. The Kier molecular flexibility index (Phi) is 2.97. The van der Waals surface area contributed by atoms with Crippen LogP contribution in [-0.4, -0.2) is 0 Å². The monoisotopic (exact) mass is 220 g/mol. The fourth-order valence-electron chi connectivity index (χ4n) is 2.24. The molecular weight excluding hydrogens is 204 g/mol. The second kappa shape index (κ2) is 4.42. The van der Waals surface area contributed by atoms with Gasteiger partial charge in [0.25, 0.3) is 0 Å². The molecule has 17 heavy (non-hydrogen) atoms. The molecule has 0 N–H and O–H groups in total. The van der Waals surface area contributed by atoms with E-state index >= 15 is 0 Å². The predicted molar refractivity (Wildman–Crippen MR) is 79.0 cm³/mol. The zero-order chi connectivity index (χ0) is 12.4. The highest BCUT2D eigenvalue weighted by molar-refractivity contribution is 5.97. The Hall–Kier alpha value is -2.08. The smallest absolute Gasteiger partial charge is 0.0103 e. The number of hydrogen-bond acceptors (Lipinski definition) is 0. The van der Waals surface area contributed by atoms with Crippen LogP contribution >= 0.6 is 0 Å². The third-order valence-corrected chi connectivity index (χ3v) is 3.23. The Balaban J connectivity index is 2.93. The SMILES string of the molecule is C=Cc1ccc2c(C=C)c(C=C)ccc2c1C. The van der Waals surface area contributed by atoms with Gasteiger partial charge in [0.05, 0.1) is 0 Å². The van der Waals surface area contributed by atoms with Crippen molar-refractivity contribution in [2.24, 2.45) is 0 Å². The first kappa shape index (κ1) is 11.4. The van der Waals surface area contributed by atoms with E-state index in [9.17, 15) is 0 Å². The zero-order valence-electron chi connectivity index (χ0n) is 10.2. The first-order valence-corrected chi connectivity index (χ1v) is 5.66. The van der Waals surface area contributed by atoms with E-state index in [2.05, 4.69) is 50.9 Å². The van der Waals surface area contributed by atoms with Crippen LogP contribution in [0.5, 0.6) is 0 Å². The second-order valence-corrected chi connectivity index (χ2v) is 4.06. The van der Waals surface area contributed by atoms with Crippen LogP contribution in [0.1, 0.15) is 22.3 Å². The first-order chi connectivity index (χ1) is 8.22. The lowest BCUT2D eigenvalue weighted by Crippen LogP contribution is -1.89. The Labute approximate surface area is 103 Å². The van der Waals surface area contributed by atoms with Crippen molar-refractivity contribution < 1.29 is 0 Å². The molecule has 0 aliphatic rings. The molecule has 0 bridgehead atoms. The van der Waals surface area contributed by atoms with E-state index in [1.807, 2.05) is 18.2 Å². The maximum absolute atomic E-state index is 3.89.